The molecular formula is C14H17N3OS. The minimum Gasteiger partial charge on any atom is -0.508 e. The molecule has 2 aromatic rings. The number of anilines is 1. The van der Waals surface area contributed by atoms with Crippen LogP contribution < -0.4 is 5.73 Å². The molecule has 0 amide bonds. The van der Waals surface area contributed by atoms with Crippen molar-refractivity contribution in [1.82, 2.24) is 9.97 Å². The predicted octanol–water partition coefficient (Wildman–Crippen LogP) is 2.98. The highest BCUT2D eigenvalue weighted by atomic mass is 32.2. The Labute approximate surface area is 117 Å². The van der Waals surface area contributed by atoms with Gasteiger partial charge < -0.3 is 10.8 Å². The maximum Gasteiger partial charge on any atom is 0.188 e. The molecule has 1 aromatic heterocycles. The topological polar surface area (TPSA) is 72.0 Å². The Bertz CT molecular complexity index is 591. The van der Waals surface area contributed by atoms with E-state index >= 15 is 0 Å². The van der Waals surface area contributed by atoms with Gasteiger partial charge in [0, 0.05) is 28.4 Å². The molecule has 19 heavy (non-hydrogen) atoms. The third kappa shape index (κ3) is 3.17. The van der Waals surface area contributed by atoms with E-state index < -0.39 is 0 Å². The number of nitrogens with zero attached hydrogens (tertiary/aromatic N) is 2. The Kier molecular flexibility index (Phi) is 3.95. The number of phenolic OH excluding ortho intramolecular Hbond substituents is 1. The summed E-state index contributed by atoms with van der Waals surface area (Å²) in [5, 5.41) is 10.5. The standard InChI is InChI=1S/C14H17N3OS/c1-8-9(2)16-14(17-10(8)3)19-7-11-6-12(15)4-5-13(11)18/h4-6,18H,7,15H2,1-3H3. The Morgan fingerprint density at radius 2 is 1.79 bits per heavy atom. The van der Waals surface area contributed by atoms with Crippen LogP contribution in [0.3, 0.4) is 0 Å². The Balaban J connectivity index is 2.17. The van der Waals surface area contributed by atoms with Crippen LogP contribution >= 0.6 is 11.8 Å². The number of nitrogens with two attached hydrogens (primary N) is 1. The molecule has 2 rings (SSSR count). The van der Waals surface area contributed by atoms with E-state index in [9.17, 15) is 5.11 Å². The molecule has 1 heterocycles. The van der Waals surface area contributed by atoms with Gasteiger partial charge in [0.1, 0.15) is 5.75 Å². The Morgan fingerprint density at radius 3 is 2.42 bits per heavy atom. The van der Waals surface area contributed by atoms with Crippen LogP contribution in [-0.4, -0.2) is 15.1 Å². The molecule has 0 spiro atoms. The molecule has 4 nitrogen and oxygen atoms in total. The minimum atomic E-state index is 0.252. The number of thioether (sulfide) groups is 1. The Morgan fingerprint density at radius 1 is 1.16 bits per heavy atom. The number of phenols is 1. The molecule has 0 bridgehead atoms. The van der Waals surface area contributed by atoms with Crippen molar-refractivity contribution >= 4 is 17.4 Å². The number of benzene rings is 1. The van der Waals surface area contributed by atoms with Crippen molar-refractivity contribution in [3.8, 4) is 5.75 Å². The number of hydrogen-bond acceptors (Lipinski definition) is 5. The fourth-order valence-electron chi connectivity index (χ4n) is 1.67. The van der Waals surface area contributed by atoms with Gasteiger partial charge in [-0.2, -0.15) is 0 Å². The Hall–Kier alpha value is -1.75. The maximum absolute atomic E-state index is 9.76. The molecular weight excluding hydrogens is 258 g/mol. The monoisotopic (exact) mass is 275 g/mol. The molecule has 0 aliphatic rings. The SMILES string of the molecule is Cc1nc(SCc2cc(N)ccc2O)nc(C)c1C. The van der Waals surface area contributed by atoms with Crippen LogP contribution in [0.5, 0.6) is 5.75 Å². The molecule has 0 fully saturated rings. The van der Waals surface area contributed by atoms with Crippen LogP contribution in [0, 0.1) is 20.8 Å². The van der Waals surface area contributed by atoms with Gasteiger partial charge in [-0.05, 0) is 44.5 Å². The van der Waals surface area contributed by atoms with Crippen molar-refractivity contribution in [3.63, 3.8) is 0 Å². The first kappa shape index (κ1) is 13.7. The lowest BCUT2D eigenvalue weighted by Crippen LogP contribution is -1.98. The second kappa shape index (κ2) is 5.48. The summed E-state index contributed by atoms with van der Waals surface area (Å²) in [6.45, 7) is 5.97. The summed E-state index contributed by atoms with van der Waals surface area (Å²) in [7, 11) is 0. The highest BCUT2D eigenvalue weighted by Gasteiger charge is 2.07. The lowest BCUT2D eigenvalue weighted by Gasteiger charge is -2.08. The van der Waals surface area contributed by atoms with E-state index in [4.69, 9.17) is 5.73 Å². The van der Waals surface area contributed by atoms with Crippen molar-refractivity contribution in [2.45, 2.75) is 31.7 Å². The highest BCUT2D eigenvalue weighted by Crippen LogP contribution is 2.27. The fourth-order valence-corrected chi connectivity index (χ4v) is 2.59. The van der Waals surface area contributed by atoms with Gasteiger partial charge in [0.2, 0.25) is 0 Å². The second-order valence-electron chi connectivity index (χ2n) is 4.48. The summed E-state index contributed by atoms with van der Waals surface area (Å²) in [6.07, 6.45) is 0. The first-order valence-corrected chi connectivity index (χ1v) is 6.98. The van der Waals surface area contributed by atoms with Crippen LogP contribution in [0.1, 0.15) is 22.5 Å². The van der Waals surface area contributed by atoms with Crippen molar-refractivity contribution in [2.24, 2.45) is 0 Å². The number of aryl methyl sites for hydroxylation is 2. The van der Waals surface area contributed by atoms with Gasteiger partial charge in [-0.3, -0.25) is 0 Å². The van der Waals surface area contributed by atoms with Crippen LogP contribution in [0.2, 0.25) is 0 Å². The summed E-state index contributed by atoms with van der Waals surface area (Å²) < 4.78 is 0. The number of nitrogen functional groups attached to an aromatic ring is 1. The molecule has 0 aliphatic heterocycles. The molecule has 3 N–H and O–H groups in total. The third-order valence-corrected chi connectivity index (χ3v) is 3.97. The number of aromatic hydroxyl groups is 1. The van der Waals surface area contributed by atoms with Gasteiger partial charge in [-0.1, -0.05) is 11.8 Å². The van der Waals surface area contributed by atoms with Gasteiger partial charge in [-0.15, -0.1) is 0 Å². The van der Waals surface area contributed by atoms with Gasteiger partial charge >= 0.3 is 0 Å². The molecule has 5 heteroatoms. The van der Waals surface area contributed by atoms with Crippen LogP contribution in [0.25, 0.3) is 0 Å². The number of rotatable bonds is 3. The first-order chi connectivity index (χ1) is 8.97. The number of aromatic nitrogens is 2. The van der Waals surface area contributed by atoms with Crippen molar-refractivity contribution in [3.05, 3.63) is 40.7 Å². The molecule has 0 atom stereocenters. The van der Waals surface area contributed by atoms with Gasteiger partial charge in [0.05, 0.1) is 0 Å². The van der Waals surface area contributed by atoms with E-state index in [1.807, 2.05) is 20.8 Å². The quantitative estimate of drug-likeness (QED) is 0.390. The van der Waals surface area contributed by atoms with Gasteiger partial charge in [0.15, 0.2) is 5.16 Å². The van der Waals surface area contributed by atoms with E-state index in [0.29, 0.717) is 11.4 Å². The summed E-state index contributed by atoms with van der Waals surface area (Å²) in [5.74, 6) is 0.848. The second-order valence-corrected chi connectivity index (χ2v) is 5.42. The van der Waals surface area contributed by atoms with Crippen LogP contribution in [-0.2, 0) is 5.75 Å². The highest BCUT2D eigenvalue weighted by molar-refractivity contribution is 7.98. The van der Waals surface area contributed by atoms with Crippen molar-refractivity contribution in [2.75, 3.05) is 5.73 Å². The maximum atomic E-state index is 9.76. The fraction of sp³-hybridized carbons (Fsp3) is 0.286. The van der Waals surface area contributed by atoms with Crippen LogP contribution in [0.15, 0.2) is 23.4 Å². The zero-order chi connectivity index (χ0) is 14.0. The average molecular weight is 275 g/mol. The van der Waals surface area contributed by atoms with E-state index in [-0.39, 0.29) is 5.75 Å². The van der Waals surface area contributed by atoms with E-state index in [0.717, 1.165) is 27.7 Å². The van der Waals surface area contributed by atoms with E-state index in [2.05, 4.69) is 9.97 Å². The van der Waals surface area contributed by atoms with E-state index in [1.165, 1.54) is 11.8 Å². The molecule has 0 aliphatic carbocycles. The lowest BCUT2D eigenvalue weighted by atomic mass is 10.2. The van der Waals surface area contributed by atoms with Crippen molar-refractivity contribution < 1.29 is 5.11 Å². The van der Waals surface area contributed by atoms with Gasteiger partial charge in [0.25, 0.3) is 0 Å². The zero-order valence-corrected chi connectivity index (χ0v) is 12.1. The van der Waals surface area contributed by atoms with Crippen LogP contribution in [0.4, 0.5) is 5.69 Å². The van der Waals surface area contributed by atoms with Crippen molar-refractivity contribution in [1.29, 1.82) is 0 Å². The summed E-state index contributed by atoms with van der Waals surface area (Å²) in [5.41, 5.74) is 10.3. The first-order valence-electron chi connectivity index (χ1n) is 5.99. The normalized spacial score (nSPS) is 10.7. The molecule has 0 unspecified atom stereocenters. The largest absolute Gasteiger partial charge is 0.508 e. The summed E-state index contributed by atoms with van der Waals surface area (Å²) in [4.78, 5) is 8.88. The van der Waals surface area contributed by atoms with Gasteiger partial charge in [-0.25, -0.2) is 9.97 Å². The predicted molar refractivity (Wildman–Crippen MR) is 78.3 cm³/mol. The minimum absolute atomic E-state index is 0.252. The summed E-state index contributed by atoms with van der Waals surface area (Å²) in [6, 6.07) is 5.06. The summed E-state index contributed by atoms with van der Waals surface area (Å²) >= 11 is 1.50. The molecule has 100 valence electrons. The van der Waals surface area contributed by atoms with E-state index in [1.54, 1.807) is 18.2 Å². The molecule has 0 saturated carbocycles. The lowest BCUT2D eigenvalue weighted by molar-refractivity contribution is 0.471. The molecule has 1 aromatic carbocycles. The molecule has 0 radical (unpaired) electrons. The smallest absolute Gasteiger partial charge is 0.188 e. The molecule has 0 saturated heterocycles. The third-order valence-electron chi connectivity index (χ3n) is 3.07. The zero-order valence-electron chi connectivity index (χ0n) is 11.3. The number of hydrogen-bond donors (Lipinski definition) is 2. The average Bonchev–Trinajstić information content (AvgIpc) is 2.37.